The molecule has 0 radical (unpaired) electrons. The minimum absolute atomic E-state index is 0.0945. The van der Waals surface area contributed by atoms with Crippen LogP contribution in [-0.4, -0.2) is 41.7 Å². The fraction of sp³-hybridized carbons (Fsp3) is 0.385. The number of fused-ring (bicyclic) bond motifs is 2. The van der Waals surface area contributed by atoms with Crippen molar-refractivity contribution in [1.29, 1.82) is 0 Å². The average molecular weight is 489 g/mol. The van der Waals surface area contributed by atoms with Crippen molar-refractivity contribution in [2.24, 2.45) is 21.6 Å². The summed E-state index contributed by atoms with van der Waals surface area (Å²) in [5.41, 5.74) is 2.55. The number of benzene rings is 1. The van der Waals surface area contributed by atoms with Crippen LogP contribution in [-0.2, 0) is 22.4 Å². The lowest BCUT2D eigenvalue weighted by molar-refractivity contribution is -0.122. The second-order valence-electron chi connectivity index (χ2n) is 9.79. The fourth-order valence-corrected chi connectivity index (χ4v) is 4.17. The van der Waals surface area contributed by atoms with E-state index in [4.69, 9.17) is 9.26 Å². The third kappa shape index (κ3) is 5.27. The van der Waals surface area contributed by atoms with Gasteiger partial charge in [0.1, 0.15) is 5.75 Å². The van der Waals surface area contributed by atoms with E-state index >= 15 is 0 Å². The summed E-state index contributed by atoms with van der Waals surface area (Å²) in [6.45, 7) is 5.78. The van der Waals surface area contributed by atoms with Crippen LogP contribution in [0.15, 0.2) is 68.6 Å². The molecule has 2 N–H and O–H groups in total. The molecule has 2 amide bonds. The van der Waals surface area contributed by atoms with Crippen molar-refractivity contribution in [3.05, 3.63) is 65.4 Å². The summed E-state index contributed by atoms with van der Waals surface area (Å²) < 4.78 is 10.9. The number of nitrogens with zero attached hydrogens (tertiary/aromatic N) is 4. The first-order chi connectivity index (χ1) is 17.4. The summed E-state index contributed by atoms with van der Waals surface area (Å²) in [4.78, 5) is 28.9. The smallest absolute Gasteiger partial charge is 0.276 e. The number of hydrogen-bond donors (Lipinski definition) is 2. The molecule has 3 heterocycles. The maximum atomic E-state index is 12.5. The van der Waals surface area contributed by atoms with Crippen molar-refractivity contribution in [2.75, 3.05) is 19.7 Å². The Labute approximate surface area is 208 Å². The van der Waals surface area contributed by atoms with Gasteiger partial charge in [0.05, 0.1) is 12.5 Å². The molecule has 0 bridgehead atoms. The maximum absolute atomic E-state index is 12.5. The van der Waals surface area contributed by atoms with Crippen molar-refractivity contribution in [1.82, 2.24) is 20.8 Å². The number of nitrogens with one attached hydrogen (secondary N) is 2. The number of allylic oxidation sites excluding steroid dienone is 3. The van der Waals surface area contributed by atoms with Crippen LogP contribution in [0.3, 0.4) is 0 Å². The zero-order chi connectivity index (χ0) is 25.1. The molecule has 2 aliphatic heterocycles. The average Bonchev–Trinajstić information content (AvgIpc) is 3.55. The number of aromatic nitrogens is 2. The zero-order valence-electron chi connectivity index (χ0n) is 20.3. The Hall–Kier alpha value is -4.08. The van der Waals surface area contributed by atoms with E-state index in [1.807, 2.05) is 56.4 Å². The van der Waals surface area contributed by atoms with E-state index in [1.165, 1.54) is 0 Å². The Morgan fingerprint density at radius 3 is 2.97 bits per heavy atom. The number of azo groups is 1. The number of ether oxygens (including phenoxy) is 1. The normalized spacial score (nSPS) is 18.2. The van der Waals surface area contributed by atoms with Crippen LogP contribution >= 0.6 is 0 Å². The first kappa shape index (κ1) is 23.7. The quantitative estimate of drug-likeness (QED) is 0.554. The third-order valence-electron chi connectivity index (χ3n) is 6.29. The zero-order valence-corrected chi connectivity index (χ0v) is 20.3. The van der Waals surface area contributed by atoms with Crippen molar-refractivity contribution >= 4 is 11.8 Å². The minimum Gasteiger partial charge on any atom is -0.493 e. The van der Waals surface area contributed by atoms with Gasteiger partial charge in [-0.15, -0.1) is 10.2 Å². The molecule has 1 unspecified atom stereocenters. The first-order valence-electron chi connectivity index (χ1n) is 12.0. The van der Waals surface area contributed by atoms with Crippen LogP contribution in [0.5, 0.6) is 5.75 Å². The summed E-state index contributed by atoms with van der Waals surface area (Å²) in [6.07, 6.45) is 8.87. The summed E-state index contributed by atoms with van der Waals surface area (Å²) in [6, 6.07) is 5.85. The standard InChI is InChI=1S/C26H28N6O4/c1-26(2,15-28-24-18-5-3-4-6-19(18)25(34)31-30-24)14-27-21(33)9-10-22-29-23(32-36-22)17-7-8-20-16(13-17)11-12-35-20/h3-8,13,19,28H,9-12,14-15H2,1-2H3,(H,27,33). The summed E-state index contributed by atoms with van der Waals surface area (Å²) in [5.74, 6) is 1.67. The van der Waals surface area contributed by atoms with Gasteiger partial charge >= 0.3 is 0 Å². The lowest BCUT2D eigenvalue weighted by atomic mass is 9.91. The summed E-state index contributed by atoms with van der Waals surface area (Å²) in [5, 5.41) is 18.1. The molecule has 10 nitrogen and oxygen atoms in total. The number of carbonyl (C=O) groups is 2. The minimum atomic E-state index is -0.389. The maximum Gasteiger partial charge on any atom is 0.276 e. The highest BCUT2D eigenvalue weighted by Gasteiger charge is 2.28. The van der Waals surface area contributed by atoms with Gasteiger partial charge in [-0.05, 0) is 29.2 Å². The molecule has 36 heavy (non-hydrogen) atoms. The fourth-order valence-electron chi connectivity index (χ4n) is 4.17. The Morgan fingerprint density at radius 2 is 2.08 bits per heavy atom. The van der Waals surface area contributed by atoms with Crippen LogP contribution in [0.4, 0.5) is 0 Å². The van der Waals surface area contributed by atoms with Crippen LogP contribution in [0.25, 0.3) is 11.4 Å². The van der Waals surface area contributed by atoms with E-state index in [2.05, 4.69) is 31.0 Å². The van der Waals surface area contributed by atoms with Crippen molar-refractivity contribution in [3.63, 3.8) is 0 Å². The molecule has 5 rings (SSSR count). The molecule has 1 aromatic carbocycles. The van der Waals surface area contributed by atoms with Crippen LogP contribution < -0.4 is 15.4 Å². The SMILES string of the molecule is CC(C)(CNC(=O)CCc1nc(-c2ccc3c(c2)CCO3)no1)CNC1=C2C=CC=CC2C(=O)N=N1. The third-order valence-corrected chi connectivity index (χ3v) is 6.29. The van der Waals surface area contributed by atoms with Crippen molar-refractivity contribution < 1.29 is 18.8 Å². The molecular weight excluding hydrogens is 460 g/mol. The molecule has 186 valence electrons. The van der Waals surface area contributed by atoms with Gasteiger partial charge in [-0.25, -0.2) is 0 Å². The molecule has 0 saturated carbocycles. The number of rotatable bonds is 9. The van der Waals surface area contributed by atoms with E-state index in [9.17, 15) is 9.59 Å². The Balaban J connectivity index is 1.09. The van der Waals surface area contributed by atoms with Gasteiger partial charge in [-0.2, -0.15) is 4.98 Å². The monoisotopic (exact) mass is 488 g/mol. The number of carbonyl (C=O) groups excluding carboxylic acids is 2. The van der Waals surface area contributed by atoms with Crippen molar-refractivity contribution in [3.8, 4) is 17.1 Å². The van der Waals surface area contributed by atoms with Gasteiger partial charge < -0.3 is 19.9 Å². The molecule has 10 heteroatoms. The molecule has 0 saturated heterocycles. The van der Waals surface area contributed by atoms with Gasteiger partial charge in [-0.3, -0.25) is 9.59 Å². The molecule has 1 atom stereocenters. The Kier molecular flexibility index (Phi) is 6.49. The molecule has 0 fully saturated rings. The van der Waals surface area contributed by atoms with Crippen LogP contribution in [0, 0.1) is 11.3 Å². The van der Waals surface area contributed by atoms with Crippen LogP contribution in [0.1, 0.15) is 31.7 Å². The predicted octanol–water partition coefficient (Wildman–Crippen LogP) is 3.28. The molecule has 1 aliphatic carbocycles. The lowest BCUT2D eigenvalue weighted by Crippen LogP contribution is -2.40. The van der Waals surface area contributed by atoms with Gasteiger partial charge in [0.25, 0.3) is 5.91 Å². The predicted molar refractivity (Wildman–Crippen MR) is 131 cm³/mol. The molecule has 2 aromatic rings. The number of hydrogen-bond acceptors (Lipinski definition) is 8. The Morgan fingerprint density at radius 1 is 1.19 bits per heavy atom. The highest BCUT2D eigenvalue weighted by Crippen LogP contribution is 2.30. The molecule has 0 spiro atoms. The largest absolute Gasteiger partial charge is 0.493 e. The highest BCUT2D eigenvalue weighted by atomic mass is 16.5. The Bertz CT molecular complexity index is 1300. The molecular formula is C26H28N6O4. The van der Waals surface area contributed by atoms with E-state index in [-0.39, 0.29) is 29.6 Å². The van der Waals surface area contributed by atoms with E-state index in [0.29, 0.717) is 43.7 Å². The molecule has 1 aromatic heterocycles. The molecule has 3 aliphatic rings. The van der Waals surface area contributed by atoms with E-state index in [1.54, 1.807) is 0 Å². The second kappa shape index (κ2) is 9.88. The van der Waals surface area contributed by atoms with Crippen molar-refractivity contribution in [2.45, 2.75) is 33.1 Å². The lowest BCUT2D eigenvalue weighted by Gasteiger charge is -2.27. The van der Waals surface area contributed by atoms with E-state index < -0.39 is 0 Å². The first-order valence-corrected chi connectivity index (χ1v) is 12.0. The van der Waals surface area contributed by atoms with Gasteiger partial charge in [0.15, 0.2) is 5.82 Å². The van der Waals surface area contributed by atoms with Gasteiger partial charge in [-0.1, -0.05) is 43.3 Å². The second-order valence-corrected chi connectivity index (χ2v) is 9.79. The number of aryl methyl sites for hydroxylation is 1. The van der Waals surface area contributed by atoms with Crippen LogP contribution in [0.2, 0.25) is 0 Å². The van der Waals surface area contributed by atoms with E-state index in [0.717, 1.165) is 28.9 Å². The van der Waals surface area contributed by atoms with Gasteiger partial charge in [0.2, 0.25) is 17.6 Å². The highest BCUT2D eigenvalue weighted by molar-refractivity contribution is 5.86. The summed E-state index contributed by atoms with van der Waals surface area (Å²) >= 11 is 0. The number of amides is 2. The summed E-state index contributed by atoms with van der Waals surface area (Å²) in [7, 11) is 0. The van der Waals surface area contributed by atoms with Gasteiger partial charge in [0, 0.05) is 43.5 Å². The topological polar surface area (TPSA) is 131 Å².